The average molecular weight is 654 g/mol. The molecule has 224 valence electrons. The fraction of sp³-hybridized carbons (Fsp3) is 0.321. The van der Waals surface area contributed by atoms with Crippen LogP contribution < -0.4 is 9.62 Å². The van der Waals surface area contributed by atoms with Crippen molar-refractivity contribution in [3.05, 3.63) is 69.8 Å². The van der Waals surface area contributed by atoms with Crippen molar-refractivity contribution in [2.45, 2.75) is 31.3 Å². The number of carbonyl (C=O) groups excluding carboxylic acids is 1. The van der Waals surface area contributed by atoms with Crippen molar-refractivity contribution in [1.82, 2.24) is 19.7 Å². The number of hydrogen-bond acceptors (Lipinski definition) is 8. The van der Waals surface area contributed by atoms with Crippen LogP contribution >= 0.6 is 34.8 Å². The molecule has 0 radical (unpaired) electrons. The van der Waals surface area contributed by atoms with E-state index in [-0.39, 0.29) is 20.6 Å². The van der Waals surface area contributed by atoms with E-state index in [1.165, 1.54) is 18.2 Å². The molecule has 0 saturated carbocycles. The Morgan fingerprint density at radius 1 is 1.00 bits per heavy atom. The van der Waals surface area contributed by atoms with Gasteiger partial charge >= 0.3 is 5.97 Å². The summed E-state index contributed by atoms with van der Waals surface area (Å²) in [7, 11) is -0.337. The Bertz CT molecular complexity index is 1680. The number of aromatic nitrogens is 3. The molecule has 4 rings (SSSR count). The Morgan fingerprint density at radius 2 is 1.69 bits per heavy atom. The van der Waals surface area contributed by atoms with Crippen molar-refractivity contribution in [3.8, 4) is 5.82 Å². The summed E-state index contributed by atoms with van der Waals surface area (Å²) in [6, 6.07) is 12.4. The SMILES string of the molecule is CN(C)CCNc1ccc(-n2cc(Cl)c3cc(N(CC(=O)OC(C)(C)C)S(=O)(=O)c4cc(Cl)cc(Cl)c4)ccc32)nn1. The molecule has 0 aliphatic heterocycles. The number of fused-ring (bicyclic) bond motifs is 1. The molecule has 2 heterocycles. The van der Waals surface area contributed by atoms with Crippen LogP contribution in [0, 0.1) is 0 Å². The number of carbonyl (C=O) groups is 1. The molecule has 2 aromatic heterocycles. The maximum atomic E-state index is 13.9. The number of hydrogen-bond donors (Lipinski definition) is 1. The summed E-state index contributed by atoms with van der Waals surface area (Å²) in [5.41, 5.74) is 0.0249. The van der Waals surface area contributed by atoms with E-state index in [1.807, 2.05) is 20.2 Å². The summed E-state index contributed by atoms with van der Waals surface area (Å²) in [4.78, 5) is 14.7. The van der Waals surface area contributed by atoms with Crippen molar-refractivity contribution in [2.24, 2.45) is 0 Å². The Kier molecular flexibility index (Phi) is 9.58. The minimum atomic E-state index is -4.31. The molecule has 0 unspecified atom stereocenters. The van der Waals surface area contributed by atoms with Gasteiger partial charge in [0.25, 0.3) is 10.0 Å². The van der Waals surface area contributed by atoms with Crippen LogP contribution in [0.4, 0.5) is 11.5 Å². The molecule has 0 amide bonds. The number of nitrogens with zero attached hydrogens (tertiary/aromatic N) is 5. The molecule has 1 N–H and O–H groups in total. The average Bonchev–Trinajstić information content (AvgIpc) is 3.21. The molecule has 2 aromatic carbocycles. The first-order valence-electron chi connectivity index (χ1n) is 12.9. The van der Waals surface area contributed by atoms with Crippen LogP contribution in [-0.4, -0.2) is 73.4 Å². The Hall–Kier alpha value is -3.09. The summed E-state index contributed by atoms with van der Waals surface area (Å²) in [5.74, 6) is 0.414. The van der Waals surface area contributed by atoms with Gasteiger partial charge in [0, 0.05) is 34.7 Å². The molecule has 10 nitrogen and oxygen atoms in total. The van der Waals surface area contributed by atoms with E-state index in [4.69, 9.17) is 39.5 Å². The summed E-state index contributed by atoms with van der Waals surface area (Å²) in [5, 5.41) is 12.9. The number of likely N-dealkylation sites (N-methyl/N-ethyl adjacent to an activating group) is 1. The molecular formula is C28H31Cl3N6O4S. The lowest BCUT2D eigenvalue weighted by molar-refractivity contribution is -0.152. The molecule has 0 aliphatic carbocycles. The van der Waals surface area contributed by atoms with Crippen LogP contribution in [0.1, 0.15) is 20.8 Å². The first-order valence-corrected chi connectivity index (χ1v) is 15.5. The predicted octanol–water partition coefficient (Wildman–Crippen LogP) is 5.89. The van der Waals surface area contributed by atoms with Gasteiger partial charge in [0.05, 0.1) is 21.1 Å². The maximum absolute atomic E-state index is 13.9. The number of ether oxygens (including phenoxy) is 1. The number of anilines is 2. The van der Waals surface area contributed by atoms with Crippen molar-refractivity contribution in [3.63, 3.8) is 0 Å². The Morgan fingerprint density at radius 3 is 2.29 bits per heavy atom. The lowest BCUT2D eigenvalue weighted by Gasteiger charge is -2.26. The predicted molar refractivity (Wildman–Crippen MR) is 168 cm³/mol. The third kappa shape index (κ3) is 7.64. The molecule has 0 spiro atoms. The zero-order chi connectivity index (χ0) is 30.8. The summed E-state index contributed by atoms with van der Waals surface area (Å²) in [6.45, 7) is 6.06. The molecule has 0 fully saturated rings. The fourth-order valence-corrected chi connectivity index (χ4v) is 6.47. The largest absolute Gasteiger partial charge is 0.459 e. The smallest absolute Gasteiger partial charge is 0.327 e. The van der Waals surface area contributed by atoms with E-state index < -0.39 is 28.1 Å². The Labute approximate surface area is 260 Å². The first kappa shape index (κ1) is 31.8. The van der Waals surface area contributed by atoms with E-state index >= 15 is 0 Å². The van der Waals surface area contributed by atoms with Gasteiger partial charge in [-0.2, -0.15) is 0 Å². The number of sulfonamides is 1. The highest BCUT2D eigenvalue weighted by molar-refractivity contribution is 7.92. The lowest BCUT2D eigenvalue weighted by Crippen LogP contribution is -2.39. The van der Waals surface area contributed by atoms with Crippen LogP contribution in [0.5, 0.6) is 0 Å². The number of benzene rings is 2. The minimum Gasteiger partial charge on any atom is -0.459 e. The molecular weight excluding hydrogens is 623 g/mol. The van der Waals surface area contributed by atoms with E-state index in [0.717, 1.165) is 10.8 Å². The van der Waals surface area contributed by atoms with Gasteiger partial charge in [-0.3, -0.25) is 13.7 Å². The van der Waals surface area contributed by atoms with E-state index in [2.05, 4.69) is 20.4 Å². The molecule has 0 aliphatic rings. The van der Waals surface area contributed by atoms with Crippen LogP contribution in [-0.2, 0) is 19.6 Å². The molecule has 0 bridgehead atoms. The molecule has 42 heavy (non-hydrogen) atoms. The highest BCUT2D eigenvalue weighted by Gasteiger charge is 2.30. The lowest BCUT2D eigenvalue weighted by atomic mass is 10.2. The summed E-state index contributed by atoms with van der Waals surface area (Å²) in [6.07, 6.45) is 1.67. The molecule has 14 heteroatoms. The third-order valence-corrected chi connectivity index (χ3v) is 8.40. The van der Waals surface area contributed by atoms with Crippen molar-refractivity contribution in [1.29, 1.82) is 0 Å². The third-order valence-electron chi connectivity index (χ3n) is 5.91. The van der Waals surface area contributed by atoms with Crippen LogP contribution in [0.3, 0.4) is 0 Å². The maximum Gasteiger partial charge on any atom is 0.327 e. The topological polar surface area (TPSA) is 110 Å². The fourth-order valence-electron chi connectivity index (χ4n) is 4.09. The second kappa shape index (κ2) is 12.6. The quantitative estimate of drug-likeness (QED) is 0.211. The minimum absolute atomic E-state index is 0.133. The first-order chi connectivity index (χ1) is 19.6. The number of rotatable bonds is 10. The number of esters is 1. The monoisotopic (exact) mass is 652 g/mol. The summed E-state index contributed by atoms with van der Waals surface area (Å²) >= 11 is 18.8. The van der Waals surface area contributed by atoms with Crippen molar-refractivity contribution in [2.75, 3.05) is 43.4 Å². The molecule has 0 saturated heterocycles. The van der Waals surface area contributed by atoms with Crippen LogP contribution in [0.15, 0.2) is 59.6 Å². The van der Waals surface area contributed by atoms with Crippen molar-refractivity contribution < 1.29 is 17.9 Å². The number of nitrogens with one attached hydrogen (secondary N) is 1. The van der Waals surface area contributed by atoms with Gasteiger partial charge in [-0.15, -0.1) is 10.2 Å². The highest BCUT2D eigenvalue weighted by atomic mass is 35.5. The standard InChI is InChI=1S/C28H31Cl3N6O4S/c1-28(2,3)41-27(38)17-37(42(39,40)21-13-18(29)12-19(30)14-21)20-6-7-24-22(15-20)23(31)16-36(24)26-9-8-25(33-34-26)32-10-11-35(4)5/h6-9,12-16H,10-11,17H2,1-5H3,(H,32,33). The zero-order valence-electron chi connectivity index (χ0n) is 23.7. The van der Waals surface area contributed by atoms with Gasteiger partial charge in [-0.1, -0.05) is 34.8 Å². The van der Waals surface area contributed by atoms with Crippen LogP contribution in [0.2, 0.25) is 15.1 Å². The summed E-state index contributed by atoms with van der Waals surface area (Å²) < 4.78 is 35.9. The highest BCUT2D eigenvalue weighted by Crippen LogP contribution is 2.34. The normalized spacial score (nSPS) is 12.1. The van der Waals surface area contributed by atoms with Gasteiger partial charge < -0.3 is 15.0 Å². The van der Waals surface area contributed by atoms with Gasteiger partial charge in [-0.25, -0.2) is 8.42 Å². The van der Waals surface area contributed by atoms with E-state index in [0.29, 0.717) is 34.1 Å². The van der Waals surface area contributed by atoms with Gasteiger partial charge in [-0.05, 0) is 83.4 Å². The number of halogens is 3. The molecule has 0 atom stereocenters. The second-order valence-electron chi connectivity index (χ2n) is 10.8. The van der Waals surface area contributed by atoms with E-state index in [1.54, 1.807) is 55.8 Å². The van der Waals surface area contributed by atoms with Crippen LogP contribution in [0.25, 0.3) is 16.7 Å². The molecule has 4 aromatic rings. The van der Waals surface area contributed by atoms with Gasteiger partial charge in [0.15, 0.2) is 5.82 Å². The van der Waals surface area contributed by atoms with Gasteiger partial charge in [0.1, 0.15) is 18.0 Å². The Balaban J connectivity index is 1.73. The van der Waals surface area contributed by atoms with Gasteiger partial charge in [0.2, 0.25) is 0 Å². The zero-order valence-corrected chi connectivity index (χ0v) is 26.8. The van der Waals surface area contributed by atoms with E-state index in [9.17, 15) is 13.2 Å². The second-order valence-corrected chi connectivity index (χ2v) is 13.9. The van der Waals surface area contributed by atoms with Crippen molar-refractivity contribution >= 4 is 73.2 Å².